The molecule has 18 heavy (non-hydrogen) atoms. The van der Waals surface area contributed by atoms with Crippen molar-refractivity contribution in [2.45, 2.75) is 26.7 Å². The van der Waals surface area contributed by atoms with Gasteiger partial charge in [-0.05, 0) is 36.5 Å². The number of nitrogens with one attached hydrogen (secondary N) is 1. The first-order valence-electron chi connectivity index (χ1n) is 5.97. The molecule has 4 heteroatoms. The van der Waals surface area contributed by atoms with Crippen molar-refractivity contribution in [3.8, 4) is 6.07 Å². The van der Waals surface area contributed by atoms with Gasteiger partial charge < -0.3 is 5.32 Å². The van der Waals surface area contributed by atoms with E-state index < -0.39 is 0 Å². The molecule has 2 aromatic rings. The molecule has 0 atom stereocenters. The lowest BCUT2D eigenvalue weighted by Gasteiger charge is -2.09. The van der Waals surface area contributed by atoms with Gasteiger partial charge in [-0.1, -0.05) is 31.5 Å². The summed E-state index contributed by atoms with van der Waals surface area (Å²) in [5, 5.41) is 13.3. The predicted molar refractivity (Wildman–Crippen MR) is 75.3 cm³/mol. The summed E-state index contributed by atoms with van der Waals surface area (Å²) >= 11 is 1.34. The largest absolute Gasteiger partial charge is 0.345 e. The Labute approximate surface area is 111 Å². The molecule has 0 radical (unpaired) electrons. The highest BCUT2D eigenvalue weighted by molar-refractivity contribution is 7.10. The molecule has 0 saturated heterocycles. The molecule has 3 nitrogen and oxygen atoms in total. The van der Waals surface area contributed by atoms with E-state index in [-0.39, 0.29) is 0 Å². The maximum atomic E-state index is 9.12. The number of hydrogen-bond donors (Lipinski definition) is 1. The third-order valence-electron chi connectivity index (χ3n) is 2.76. The van der Waals surface area contributed by atoms with Crippen molar-refractivity contribution in [1.82, 2.24) is 4.37 Å². The zero-order valence-corrected chi connectivity index (χ0v) is 11.3. The van der Waals surface area contributed by atoms with Crippen LogP contribution < -0.4 is 5.32 Å². The van der Waals surface area contributed by atoms with Crippen molar-refractivity contribution in [1.29, 1.82) is 5.26 Å². The van der Waals surface area contributed by atoms with E-state index in [0.29, 0.717) is 5.56 Å². The van der Waals surface area contributed by atoms with Gasteiger partial charge in [0.25, 0.3) is 0 Å². The van der Waals surface area contributed by atoms with Crippen molar-refractivity contribution in [2.24, 2.45) is 0 Å². The summed E-state index contributed by atoms with van der Waals surface area (Å²) in [6, 6.07) is 10.4. The van der Waals surface area contributed by atoms with Crippen molar-refractivity contribution < 1.29 is 0 Å². The van der Waals surface area contributed by atoms with Gasteiger partial charge in [0.2, 0.25) is 0 Å². The molecule has 0 fully saturated rings. The first kappa shape index (κ1) is 12.6. The van der Waals surface area contributed by atoms with Crippen molar-refractivity contribution in [3.63, 3.8) is 0 Å². The highest BCUT2D eigenvalue weighted by atomic mass is 32.1. The Morgan fingerprint density at radius 1 is 1.39 bits per heavy atom. The molecule has 1 aromatic carbocycles. The van der Waals surface area contributed by atoms with E-state index in [2.05, 4.69) is 28.7 Å². The van der Waals surface area contributed by atoms with Gasteiger partial charge in [0.05, 0.1) is 5.69 Å². The lowest BCUT2D eigenvalue weighted by atomic mass is 10.1. The van der Waals surface area contributed by atoms with Gasteiger partial charge in [-0.15, -0.1) is 0 Å². The van der Waals surface area contributed by atoms with Gasteiger partial charge in [0.15, 0.2) is 0 Å². The molecule has 0 unspecified atom stereocenters. The minimum Gasteiger partial charge on any atom is -0.345 e. The van der Waals surface area contributed by atoms with Crippen LogP contribution in [0.1, 0.15) is 30.2 Å². The Hall–Kier alpha value is -1.86. The summed E-state index contributed by atoms with van der Waals surface area (Å²) in [6.07, 6.45) is 2.13. The molecule has 92 valence electrons. The quantitative estimate of drug-likeness (QED) is 0.900. The van der Waals surface area contributed by atoms with Crippen LogP contribution in [0.5, 0.6) is 0 Å². The first-order valence-corrected chi connectivity index (χ1v) is 6.75. The summed E-state index contributed by atoms with van der Waals surface area (Å²) in [6.45, 7) is 4.02. The maximum absolute atomic E-state index is 9.12. The van der Waals surface area contributed by atoms with Gasteiger partial charge in [-0.3, -0.25) is 0 Å². The Balaban J connectivity index is 2.31. The summed E-state index contributed by atoms with van der Waals surface area (Å²) in [5.74, 6) is 0. The molecule has 1 heterocycles. The van der Waals surface area contributed by atoms with E-state index in [0.717, 1.165) is 29.2 Å². The zero-order valence-electron chi connectivity index (χ0n) is 10.5. The topological polar surface area (TPSA) is 48.7 Å². The average molecular weight is 257 g/mol. The number of hydrogen-bond acceptors (Lipinski definition) is 4. The van der Waals surface area contributed by atoms with Crippen molar-refractivity contribution in [2.75, 3.05) is 5.32 Å². The van der Waals surface area contributed by atoms with Gasteiger partial charge in [-0.2, -0.15) is 9.64 Å². The zero-order chi connectivity index (χ0) is 13.0. The molecular formula is C14H15N3S. The molecule has 0 bridgehead atoms. The molecule has 0 amide bonds. The monoisotopic (exact) mass is 257 g/mol. The number of rotatable bonds is 4. The summed E-state index contributed by atoms with van der Waals surface area (Å²) in [5.41, 5.74) is 3.78. The fourth-order valence-electron chi connectivity index (χ4n) is 1.84. The summed E-state index contributed by atoms with van der Waals surface area (Å²) in [7, 11) is 0. The van der Waals surface area contributed by atoms with E-state index in [1.54, 1.807) is 0 Å². The van der Waals surface area contributed by atoms with Gasteiger partial charge in [-0.25, -0.2) is 0 Å². The molecular weight excluding hydrogens is 242 g/mol. The minimum absolute atomic E-state index is 0.645. The number of aryl methyl sites for hydroxylation is 2. The SMILES string of the molecule is CCCc1ccccc1Nc1snc(C)c1C#N. The normalized spacial score (nSPS) is 10.1. The number of para-hydroxylation sites is 1. The highest BCUT2D eigenvalue weighted by Crippen LogP contribution is 2.29. The van der Waals surface area contributed by atoms with E-state index in [1.807, 2.05) is 25.1 Å². The van der Waals surface area contributed by atoms with E-state index in [9.17, 15) is 0 Å². The molecule has 0 aliphatic carbocycles. The second-order valence-corrected chi connectivity index (χ2v) is 4.89. The second kappa shape index (κ2) is 5.65. The van der Waals surface area contributed by atoms with E-state index in [4.69, 9.17) is 5.26 Å². The van der Waals surface area contributed by atoms with Crippen LogP contribution in [0.2, 0.25) is 0 Å². The Bertz CT molecular complexity index is 581. The van der Waals surface area contributed by atoms with Crippen LogP contribution >= 0.6 is 11.5 Å². The van der Waals surface area contributed by atoms with Crippen LogP contribution in [0.25, 0.3) is 0 Å². The van der Waals surface area contributed by atoms with Crippen LogP contribution in [0, 0.1) is 18.3 Å². The van der Waals surface area contributed by atoms with E-state index >= 15 is 0 Å². The van der Waals surface area contributed by atoms with Crippen molar-refractivity contribution in [3.05, 3.63) is 41.1 Å². The lowest BCUT2D eigenvalue weighted by molar-refractivity contribution is 0.924. The standard InChI is InChI=1S/C14H15N3S/c1-3-6-11-7-4-5-8-13(11)16-14-12(9-15)10(2)17-18-14/h4-5,7-8,16H,3,6H2,1-2H3. The van der Waals surface area contributed by atoms with Crippen LogP contribution in [0.3, 0.4) is 0 Å². The third kappa shape index (κ3) is 2.52. The third-order valence-corrected chi connectivity index (χ3v) is 3.61. The number of anilines is 2. The molecule has 0 aliphatic heterocycles. The minimum atomic E-state index is 0.645. The van der Waals surface area contributed by atoms with Crippen LogP contribution in [-0.4, -0.2) is 4.37 Å². The number of aromatic nitrogens is 1. The average Bonchev–Trinajstić information content (AvgIpc) is 2.72. The van der Waals surface area contributed by atoms with Crippen LogP contribution in [0.4, 0.5) is 10.7 Å². The van der Waals surface area contributed by atoms with Gasteiger partial charge >= 0.3 is 0 Å². The molecule has 1 N–H and O–H groups in total. The summed E-state index contributed by atoms with van der Waals surface area (Å²) in [4.78, 5) is 0. The Morgan fingerprint density at radius 2 is 2.17 bits per heavy atom. The van der Waals surface area contributed by atoms with Crippen LogP contribution in [0.15, 0.2) is 24.3 Å². The van der Waals surface area contributed by atoms with Crippen molar-refractivity contribution >= 4 is 22.2 Å². The smallest absolute Gasteiger partial charge is 0.132 e. The highest BCUT2D eigenvalue weighted by Gasteiger charge is 2.11. The first-order chi connectivity index (χ1) is 8.76. The van der Waals surface area contributed by atoms with E-state index in [1.165, 1.54) is 17.1 Å². The van der Waals surface area contributed by atoms with Gasteiger partial charge in [0, 0.05) is 5.69 Å². The molecule has 2 rings (SSSR count). The molecule has 0 spiro atoms. The Morgan fingerprint density at radius 3 is 2.89 bits per heavy atom. The number of nitrogens with zero attached hydrogens (tertiary/aromatic N) is 2. The van der Waals surface area contributed by atoms with Crippen LogP contribution in [-0.2, 0) is 6.42 Å². The van der Waals surface area contributed by atoms with Gasteiger partial charge in [0.1, 0.15) is 16.6 Å². The fraction of sp³-hybridized carbons (Fsp3) is 0.286. The molecule has 0 saturated carbocycles. The Kier molecular flexibility index (Phi) is 3.96. The second-order valence-electron chi connectivity index (χ2n) is 4.12. The predicted octanol–water partition coefficient (Wildman–Crippen LogP) is 4.02. The fourth-order valence-corrected chi connectivity index (χ4v) is 2.60. The summed E-state index contributed by atoms with van der Waals surface area (Å²) < 4.78 is 4.22. The number of nitriles is 1. The lowest BCUT2D eigenvalue weighted by Crippen LogP contribution is -1.95. The molecule has 0 aliphatic rings. The number of benzene rings is 1. The maximum Gasteiger partial charge on any atom is 0.132 e. The molecule has 1 aromatic heterocycles.